The van der Waals surface area contributed by atoms with E-state index >= 15 is 0 Å². The molecule has 2 fully saturated rings. The molecule has 0 spiro atoms. The molecule has 0 aromatic heterocycles. The first-order valence-electron chi connectivity index (χ1n) is 9.78. The zero-order chi connectivity index (χ0) is 20.6. The zero-order valence-corrected chi connectivity index (χ0v) is 16.6. The van der Waals surface area contributed by atoms with Gasteiger partial charge in [-0.1, -0.05) is 24.3 Å². The lowest BCUT2D eigenvalue weighted by molar-refractivity contribution is -0.931. The van der Waals surface area contributed by atoms with Crippen molar-refractivity contribution in [3.63, 3.8) is 0 Å². The van der Waals surface area contributed by atoms with Crippen LogP contribution in [0.3, 0.4) is 0 Å². The van der Waals surface area contributed by atoms with Crippen molar-refractivity contribution in [2.75, 3.05) is 13.8 Å². The van der Waals surface area contributed by atoms with Crippen LogP contribution < -0.4 is 15.0 Å². The van der Waals surface area contributed by atoms with Crippen molar-refractivity contribution in [1.29, 1.82) is 0 Å². The molecule has 4 rings (SSSR count). The van der Waals surface area contributed by atoms with Crippen LogP contribution >= 0.6 is 0 Å². The zero-order valence-electron chi connectivity index (χ0n) is 16.6. The minimum Gasteiger partial charge on any atom is -0.497 e. The summed E-state index contributed by atoms with van der Waals surface area (Å²) in [5, 5.41) is 2.85. The lowest BCUT2D eigenvalue weighted by Gasteiger charge is -2.25. The second-order valence-electron chi connectivity index (χ2n) is 7.91. The summed E-state index contributed by atoms with van der Waals surface area (Å²) < 4.78 is 18.5. The second-order valence-corrected chi connectivity index (χ2v) is 7.91. The number of quaternary nitrogens is 1. The Bertz CT molecular complexity index is 929. The average molecular weight is 398 g/mol. The molecule has 1 saturated carbocycles. The number of carbonyl (C=O) groups excluding carboxylic acids is 2. The SMILES string of the molecule is COc1cccc([C@]2(C)NC(=O)N(C[NH+](Cc3ccc(F)cc3)C3CC3)C2=O)c1. The first-order valence-corrected chi connectivity index (χ1v) is 9.78. The Hall–Kier alpha value is -2.93. The van der Waals surface area contributed by atoms with Gasteiger partial charge in [0.05, 0.1) is 13.2 Å². The molecule has 2 aromatic rings. The van der Waals surface area contributed by atoms with Gasteiger partial charge >= 0.3 is 6.03 Å². The second kappa shape index (κ2) is 7.48. The molecule has 0 bridgehead atoms. The minimum atomic E-state index is -1.13. The van der Waals surface area contributed by atoms with E-state index in [-0.39, 0.29) is 18.4 Å². The van der Waals surface area contributed by atoms with Crippen LogP contribution in [0.2, 0.25) is 0 Å². The summed E-state index contributed by atoms with van der Waals surface area (Å²) in [6.07, 6.45) is 2.13. The fraction of sp³-hybridized carbons (Fsp3) is 0.364. The highest BCUT2D eigenvalue weighted by atomic mass is 19.1. The number of nitrogens with zero attached hydrogens (tertiary/aromatic N) is 1. The van der Waals surface area contributed by atoms with Crippen LogP contribution in [0.5, 0.6) is 5.75 Å². The molecule has 1 heterocycles. The van der Waals surface area contributed by atoms with E-state index in [1.807, 2.05) is 6.07 Å². The molecule has 0 radical (unpaired) electrons. The van der Waals surface area contributed by atoms with E-state index in [1.54, 1.807) is 44.4 Å². The maximum absolute atomic E-state index is 13.3. The summed E-state index contributed by atoms with van der Waals surface area (Å²) >= 11 is 0. The molecule has 7 heteroatoms. The molecule has 2 atom stereocenters. The molecule has 2 N–H and O–H groups in total. The van der Waals surface area contributed by atoms with E-state index in [0.717, 1.165) is 23.3 Å². The van der Waals surface area contributed by atoms with E-state index in [0.29, 0.717) is 23.9 Å². The van der Waals surface area contributed by atoms with Gasteiger partial charge in [0.2, 0.25) is 0 Å². The van der Waals surface area contributed by atoms with Gasteiger partial charge in [0, 0.05) is 18.4 Å². The average Bonchev–Trinajstić information content (AvgIpc) is 3.54. The summed E-state index contributed by atoms with van der Waals surface area (Å²) in [5.74, 6) is 0.0867. The molecule has 2 aromatic carbocycles. The van der Waals surface area contributed by atoms with Crippen LogP contribution in [0.15, 0.2) is 48.5 Å². The Morgan fingerprint density at radius 1 is 1.21 bits per heavy atom. The highest BCUT2D eigenvalue weighted by Gasteiger charge is 2.51. The van der Waals surface area contributed by atoms with Crippen molar-refractivity contribution < 1.29 is 23.6 Å². The molecule has 1 saturated heterocycles. The number of hydrogen-bond acceptors (Lipinski definition) is 3. The first-order chi connectivity index (χ1) is 13.9. The van der Waals surface area contributed by atoms with Gasteiger partial charge in [-0.15, -0.1) is 0 Å². The van der Waals surface area contributed by atoms with Crippen molar-refractivity contribution in [3.8, 4) is 5.75 Å². The Balaban J connectivity index is 1.53. The van der Waals surface area contributed by atoms with E-state index < -0.39 is 11.6 Å². The Kier molecular flexibility index (Phi) is 5.00. The number of nitrogens with one attached hydrogen (secondary N) is 2. The number of benzene rings is 2. The molecular formula is C22H25FN3O3+. The minimum absolute atomic E-state index is 0.270. The largest absolute Gasteiger partial charge is 0.497 e. The lowest BCUT2D eigenvalue weighted by Crippen LogP contribution is -3.13. The van der Waals surface area contributed by atoms with Crippen LogP contribution in [-0.4, -0.2) is 36.7 Å². The predicted molar refractivity (Wildman–Crippen MR) is 105 cm³/mol. The molecule has 152 valence electrons. The van der Waals surface area contributed by atoms with Gasteiger partial charge in [-0.3, -0.25) is 4.79 Å². The quantitative estimate of drug-likeness (QED) is 0.700. The topological polar surface area (TPSA) is 63.1 Å². The van der Waals surface area contributed by atoms with Gasteiger partial charge in [0.15, 0.2) is 6.67 Å². The lowest BCUT2D eigenvalue weighted by atomic mass is 9.92. The summed E-state index contributed by atoms with van der Waals surface area (Å²) in [4.78, 5) is 28.4. The van der Waals surface area contributed by atoms with Crippen LogP contribution in [0.1, 0.15) is 30.9 Å². The Morgan fingerprint density at radius 3 is 2.59 bits per heavy atom. The van der Waals surface area contributed by atoms with Crippen LogP contribution in [-0.2, 0) is 16.9 Å². The first kappa shape index (κ1) is 19.4. The number of hydrogen-bond donors (Lipinski definition) is 2. The molecule has 3 amide bonds. The van der Waals surface area contributed by atoms with Gasteiger partial charge in [0.25, 0.3) is 5.91 Å². The number of ether oxygens (including phenoxy) is 1. The molecule has 1 aliphatic heterocycles. The van der Waals surface area contributed by atoms with E-state index in [2.05, 4.69) is 5.32 Å². The fourth-order valence-corrected chi connectivity index (χ4v) is 3.86. The molecule has 1 unspecified atom stereocenters. The van der Waals surface area contributed by atoms with Crippen molar-refractivity contribution in [1.82, 2.24) is 10.2 Å². The third-order valence-corrected chi connectivity index (χ3v) is 5.78. The molecule has 29 heavy (non-hydrogen) atoms. The Labute approximate surface area is 169 Å². The van der Waals surface area contributed by atoms with Gasteiger partial charge in [-0.2, -0.15) is 0 Å². The highest BCUT2D eigenvalue weighted by Crippen LogP contribution is 2.30. The summed E-state index contributed by atoms with van der Waals surface area (Å²) in [6.45, 7) is 2.64. The number of amides is 3. The van der Waals surface area contributed by atoms with Gasteiger partial charge in [-0.25, -0.2) is 14.1 Å². The van der Waals surface area contributed by atoms with E-state index in [9.17, 15) is 14.0 Å². The highest BCUT2D eigenvalue weighted by molar-refractivity contribution is 6.07. The van der Waals surface area contributed by atoms with Crippen molar-refractivity contribution >= 4 is 11.9 Å². The molecule has 1 aliphatic carbocycles. The Morgan fingerprint density at radius 2 is 1.93 bits per heavy atom. The maximum Gasteiger partial charge on any atom is 0.329 e. The summed E-state index contributed by atoms with van der Waals surface area (Å²) in [5.41, 5.74) is 0.538. The van der Waals surface area contributed by atoms with Crippen LogP contribution in [0, 0.1) is 5.82 Å². The summed E-state index contributed by atoms with van der Waals surface area (Å²) in [7, 11) is 1.56. The number of rotatable bonds is 7. The fourth-order valence-electron chi connectivity index (χ4n) is 3.86. The van der Waals surface area contributed by atoms with E-state index in [1.165, 1.54) is 17.0 Å². The van der Waals surface area contributed by atoms with Crippen molar-refractivity contribution in [3.05, 3.63) is 65.5 Å². The van der Waals surface area contributed by atoms with Gasteiger partial charge in [0.1, 0.15) is 23.7 Å². The number of carbonyl (C=O) groups is 2. The normalized spacial score (nSPS) is 22.5. The van der Waals surface area contributed by atoms with Crippen LogP contribution in [0.4, 0.5) is 9.18 Å². The molecule has 6 nitrogen and oxygen atoms in total. The molecule has 2 aliphatic rings. The smallest absolute Gasteiger partial charge is 0.329 e. The standard InChI is InChI=1S/C22H24FN3O3/c1-22(16-4-3-5-19(12-16)29-2)20(27)26(21(28)24-22)14-25(18-10-11-18)13-15-6-8-17(23)9-7-15/h3-9,12,18H,10-11,13-14H2,1-2H3,(H,24,28)/p+1/t22-/m0/s1. The van der Waals surface area contributed by atoms with Crippen LogP contribution in [0.25, 0.3) is 0 Å². The van der Waals surface area contributed by atoms with Gasteiger partial charge in [-0.05, 0) is 36.8 Å². The predicted octanol–water partition coefficient (Wildman–Crippen LogP) is 1.81. The van der Waals surface area contributed by atoms with E-state index in [4.69, 9.17) is 4.74 Å². The number of urea groups is 1. The third-order valence-electron chi connectivity index (χ3n) is 5.78. The monoisotopic (exact) mass is 398 g/mol. The maximum atomic E-state index is 13.3. The van der Waals surface area contributed by atoms with Crippen molar-refractivity contribution in [2.24, 2.45) is 0 Å². The summed E-state index contributed by atoms with van der Waals surface area (Å²) in [6, 6.07) is 13.6. The van der Waals surface area contributed by atoms with Gasteiger partial charge < -0.3 is 15.0 Å². The number of methoxy groups -OCH3 is 1. The molecular weight excluding hydrogens is 373 g/mol. The van der Waals surface area contributed by atoms with Crippen molar-refractivity contribution in [2.45, 2.75) is 37.9 Å². The third kappa shape index (κ3) is 3.82. The number of halogens is 1. The number of imide groups is 1.